The van der Waals surface area contributed by atoms with Crippen molar-refractivity contribution < 1.29 is 9.47 Å². The van der Waals surface area contributed by atoms with Gasteiger partial charge >= 0.3 is 0 Å². The fourth-order valence-electron chi connectivity index (χ4n) is 1.24. The summed E-state index contributed by atoms with van der Waals surface area (Å²) in [5.41, 5.74) is 1.33. The van der Waals surface area contributed by atoms with Crippen LogP contribution in [0.15, 0.2) is 6.07 Å². The molecule has 0 amide bonds. The zero-order valence-electron chi connectivity index (χ0n) is 7.29. The highest BCUT2D eigenvalue weighted by atomic mass is 32.1. The van der Waals surface area contributed by atoms with E-state index in [1.807, 2.05) is 0 Å². The largest absolute Gasteiger partial charge is 0.345 e. The minimum atomic E-state index is -0.0950. The summed E-state index contributed by atoms with van der Waals surface area (Å²) in [7, 11) is 0. The van der Waals surface area contributed by atoms with Crippen LogP contribution in [0, 0.1) is 13.8 Å². The average molecular weight is 184 g/mol. The van der Waals surface area contributed by atoms with Gasteiger partial charge in [0.25, 0.3) is 0 Å². The Kier molecular flexibility index (Phi) is 2.17. The summed E-state index contributed by atoms with van der Waals surface area (Å²) in [6, 6.07) is 2.15. The lowest BCUT2D eigenvalue weighted by atomic mass is 10.3. The lowest BCUT2D eigenvalue weighted by molar-refractivity contribution is -0.0413. The number of thiophene rings is 1. The van der Waals surface area contributed by atoms with Crippen molar-refractivity contribution in [3.05, 3.63) is 21.4 Å². The number of rotatable bonds is 1. The number of aryl methyl sites for hydroxylation is 2. The third-order valence-electron chi connectivity index (χ3n) is 2.04. The molecular weight excluding hydrogens is 172 g/mol. The van der Waals surface area contributed by atoms with Crippen LogP contribution in [0.1, 0.15) is 21.6 Å². The van der Waals surface area contributed by atoms with E-state index in [4.69, 9.17) is 9.47 Å². The Morgan fingerprint density at radius 2 is 2.00 bits per heavy atom. The first-order valence-electron chi connectivity index (χ1n) is 4.07. The van der Waals surface area contributed by atoms with E-state index >= 15 is 0 Å². The van der Waals surface area contributed by atoms with Crippen molar-refractivity contribution in [3.8, 4) is 0 Å². The molecule has 1 saturated heterocycles. The maximum Gasteiger partial charge on any atom is 0.193 e. The second kappa shape index (κ2) is 3.17. The fraction of sp³-hybridized carbons (Fsp3) is 0.556. The SMILES string of the molecule is Cc1cc(C2OCCO2)sc1C. The van der Waals surface area contributed by atoms with Crippen LogP contribution in [0.5, 0.6) is 0 Å². The molecule has 12 heavy (non-hydrogen) atoms. The monoisotopic (exact) mass is 184 g/mol. The third-order valence-corrected chi connectivity index (χ3v) is 3.21. The molecule has 0 N–H and O–H groups in total. The number of hydrogen-bond donors (Lipinski definition) is 0. The van der Waals surface area contributed by atoms with Crippen LogP contribution in [-0.4, -0.2) is 13.2 Å². The van der Waals surface area contributed by atoms with Gasteiger partial charge in [0.1, 0.15) is 0 Å². The van der Waals surface area contributed by atoms with Crippen molar-refractivity contribution in [2.24, 2.45) is 0 Å². The molecule has 0 spiro atoms. The van der Waals surface area contributed by atoms with Crippen LogP contribution in [0.4, 0.5) is 0 Å². The quantitative estimate of drug-likeness (QED) is 0.667. The lowest BCUT2D eigenvalue weighted by Crippen LogP contribution is -1.93. The second-order valence-electron chi connectivity index (χ2n) is 2.96. The average Bonchev–Trinajstić information content (AvgIpc) is 2.61. The normalized spacial score (nSPS) is 18.8. The molecule has 0 aliphatic carbocycles. The summed E-state index contributed by atoms with van der Waals surface area (Å²) in [4.78, 5) is 2.55. The Morgan fingerprint density at radius 1 is 1.33 bits per heavy atom. The van der Waals surface area contributed by atoms with Crippen LogP contribution in [-0.2, 0) is 9.47 Å². The molecule has 1 fully saturated rings. The summed E-state index contributed by atoms with van der Waals surface area (Å²) in [5.74, 6) is 0. The zero-order valence-corrected chi connectivity index (χ0v) is 8.11. The van der Waals surface area contributed by atoms with Gasteiger partial charge in [-0.15, -0.1) is 11.3 Å². The van der Waals surface area contributed by atoms with Crippen molar-refractivity contribution in [1.29, 1.82) is 0 Å². The Labute approximate surface area is 76.1 Å². The van der Waals surface area contributed by atoms with Crippen molar-refractivity contribution in [3.63, 3.8) is 0 Å². The smallest absolute Gasteiger partial charge is 0.193 e. The van der Waals surface area contributed by atoms with Crippen LogP contribution in [0.2, 0.25) is 0 Å². The molecule has 3 heteroatoms. The highest BCUT2D eigenvalue weighted by molar-refractivity contribution is 7.12. The van der Waals surface area contributed by atoms with E-state index in [0.717, 1.165) is 13.2 Å². The van der Waals surface area contributed by atoms with E-state index in [-0.39, 0.29) is 6.29 Å². The molecule has 1 aromatic rings. The van der Waals surface area contributed by atoms with Gasteiger partial charge in [-0.2, -0.15) is 0 Å². The van der Waals surface area contributed by atoms with Crippen LogP contribution in [0.3, 0.4) is 0 Å². The molecule has 0 bridgehead atoms. The summed E-state index contributed by atoms with van der Waals surface area (Å²) in [6.07, 6.45) is -0.0950. The molecule has 66 valence electrons. The molecule has 0 aromatic carbocycles. The molecule has 2 nitrogen and oxygen atoms in total. The van der Waals surface area contributed by atoms with Crippen LogP contribution in [0.25, 0.3) is 0 Å². The molecule has 1 aliphatic rings. The molecule has 2 heterocycles. The molecule has 1 aliphatic heterocycles. The number of hydrogen-bond acceptors (Lipinski definition) is 3. The standard InChI is InChI=1S/C9H12O2S/c1-6-5-8(12-7(6)2)9-10-3-4-11-9/h5,9H,3-4H2,1-2H3. The topological polar surface area (TPSA) is 18.5 Å². The number of ether oxygens (including phenoxy) is 2. The minimum absolute atomic E-state index is 0.0950. The van der Waals surface area contributed by atoms with Crippen LogP contribution >= 0.6 is 11.3 Å². The molecule has 2 rings (SSSR count). The van der Waals surface area contributed by atoms with Gasteiger partial charge in [0.2, 0.25) is 0 Å². The zero-order chi connectivity index (χ0) is 8.55. The first-order valence-corrected chi connectivity index (χ1v) is 4.89. The van der Waals surface area contributed by atoms with E-state index in [1.54, 1.807) is 11.3 Å². The summed E-state index contributed by atoms with van der Waals surface area (Å²) in [6.45, 7) is 5.68. The predicted octanol–water partition coefficient (Wildman–Crippen LogP) is 2.41. The maximum absolute atomic E-state index is 5.40. The Balaban J connectivity index is 2.21. The van der Waals surface area contributed by atoms with E-state index in [1.165, 1.54) is 15.3 Å². The summed E-state index contributed by atoms with van der Waals surface area (Å²) < 4.78 is 10.8. The van der Waals surface area contributed by atoms with E-state index < -0.39 is 0 Å². The van der Waals surface area contributed by atoms with E-state index in [9.17, 15) is 0 Å². The second-order valence-corrected chi connectivity index (χ2v) is 4.25. The molecule has 0 unspecified atom stereocenters. The van der Waals surface area contributed by atoms with Gasteiger partial charge in [-0.25, -0.2) is 0 Å². The Bertz CT molecular complexity index is 255. The van der Waals surface area contributed by atoms with Crippen molar-refractivity contribution in [2.45, 2.75) is 20.1 Å². The van der Waals surface area contributed by atoms with Gasteiger partial charge in [-0.3, -0.25) is 0 Å². The predicted molar refractivity (Wildman–Crippen MR) is 48.4 cm³/mol. The van der Waals surface area contributed by atoms with Gasteiger partial charge in [0.05, 0.1) is 18.1 Å². The van der Waals surface area contributed by atoms with E-state index in [0.29, 0.717) is 0 Å². The molecule has 0 atom stereocenters. The highest BCUT2D eigenvalue weighted by Crippen LogP contribution is 2.31. The third kappa shape index (κ3) is 1.40. The fourth-order valence-corrected chi connectivity index (χ4v) is 2.28. The first-order chi connectivity index (χ1) is 5.77. The lowest BCUT2D eigenvalue weighted by Gasteiger charge is -2.04. The van der Waals surface area contributed by atoms with Gasteiger partial charge in [0, 0.05) is 4.88 Å². The van der Waals surface area contributed by atoms with Crippen LogP contribution < -0.4 is 0 Å². The Morgan fingerprint density at radius 3 is 2.50 bits per heavy atom. The van der Waals surface area contributed by atoms with E-state index in [2.05, 4.69) is 19.9 Å². The molecular formula is C9H12O2S. The van der Waals surface area contributed by atoms with Gasteiger partial charge < -0.3 is 9.47 Å². The van der Waals surface area contributed by atoms with Gasteiger partial charge in [0.15, 0.2) is 6.29 Å². The van der Waals surface area contributed by atoms with Crippen molar-refractivity contribution in [1.82, 2.24) is 0 Å². The van der Waals surface area contributed by atoms with Gasteiger partial charge in [-0.05, 0) is 25.5 Å². The van der Waals surface area contributed by atoms with Gasteiger partial charge in [-0.1, -0.05) is 0 Å². The first kappa shape index (κ1) is 8.23. The molecule has 0 saturated carbocycles. The summed E-state index contributed by atoms with van der Waals surface area (Å²) >= 11 is 1.76. The molecule has 0 radical (unpaired) electrons. The maximum atomic E-state index is 5.40. The summed E-state index contributed by atoms with van der Waals surface area (Å²) in [5, 5.41) is 0. The van der Waals surface area contributed by atoms with Crippen molar-refractivity contribution in [2.75, 3.05) is 13.2 Å². The Hall–Kier alpha value is -0.380. The highest BCUT2D eigenvalue weighted by Gasteiger charge is 2.20. The molecule has 1 aromatic heterocycles. The van der Waals surface area contributed by atoms with Crippen molar-refractivity contribution >= 4 is 11.3 Å². The minimum Gasteiger partial charge on any atom is -0.345 e.